The monoisotopic (exact) mass is 283 g/mol. The number of aromatic hydroxyl groups is 2. The summed E-state index contributed by atoms with van der Waals surface area (Å²) in [6, 6.07) is 8.70. The fourth-order valence-corrected chi connectivity index (χ4v) is 1.61. The minimum absolute atomic E-state index is 0.0352. The van der Waals surface area contributed by atoms with E-state index in [1.54, 1.807) is 18.2 Å². The summed E-state index contributed by atoms with van der Waals surface area (Å²) in [7, 11) is 0. The van der Waals surface area contributed by atoms with E-state index in [1.807, 2.05) is 0 Å². The number of aromatic nitrogens is 1. The van der Waals surface area contributed by atoms with E-state index in [4.69, 9.17) is 5.73 Å². The van der Waals surface area contributed by atoms with Crippen LogP contribution in [-0.4, -0.2) is 27.6 Å². The number of carbonyl (C=O) groups is 1. The van der Waals surface area contributed by atoms with Crippen LogP contribution in [0, 0.1) is 11.8 Å². The zero-order valence-corrected chi connectivity index (χ0v) is 11.0. The molecule has 2 rings (SSSR count). The van der Waals surface area contributed by atoms with Crippen LogP contribution in [0.1, 0.15) is 16.1 Å². The molecule has 0 aliphatic rings. The molecule has 0 saturated heterocycles. The van der Waals surface area contributed by atoms with Gasteiger partial charge in [-0.15, -0.1) is 0 Å². The maximum Gasteiger partial charge on any atom is 0.260 e. The summed E-state index contributed by atoms with van der Waals surface area (Å²) in [5.74, 6) is 4.75. The molecule has 5 N–H and O–H groups in total. The van der Waals surface area contributed by atoms with Gasteiger partial charge in [-0.2, -0.15) is 0 Å². The van der Waals surface area contributed by atoms with Gasteiger partial charge in [-0.05, 0) is 30.2 Å². The summed E-state index contributed by atoms with van der Waals surface area (Å²) in [5.41, 5.74) is 5.80. The van der Waals surface area contributed by atoms with Gasteiger partial charge in [0.05, 0.1) is 12.1 Å². The second-order valence-corrected chi connectivity index (χ2v) is 4.07. The smallest absolute Gasteiger partial charge is 0.260 e. The molecule has 0 radical (unpaired) electrons. The average Bonchev–Trinajstić information content (AvgIpc) is 2.45. The lowest BCUT2D eigenvalue weighted by Gasteiger charge is -2.06. The predicted molar refractivity (Wildman–Crippen MR) is 77.9 cm³/mol. The number of nitrogens with zero attached hydrogens (tertiary/aromatic N) is 1. The maximum absolute atomic E-state index is 12.0. The van der Waals surface area contributed by atoms with Gasteiger partial charge < -0.3 is 21.3 Å². The third kappa shape index (κ3) is 3.72. The zero-order chi connectivity index (χ0) is 15.2. The van der Waals surface area contributed by atoms with Crippen LogP contribution >= 0.6 is 0 Å². The van der Waals surface area contributed by atoms with Crippen molar-refractivity contribution in [3.8, 4) is 23.3 Å². The number of rotatable bonds is 2. The molecule has 21 heavy (non-hydrogen) atoms. The molecule has 0 bridgehead atoms. The Bertz CT molecular complexity index is 732. The lowest BCUT2D eigenvalue weighted by Crippen LogP contribution is -2.13. The Labute approximate surface area is 121 Å². The molecular weight excluding hydrogens is 270 g/mol. The molecule has 6 heteroatoms. The lowest BCUT2D eigenvalue weighted by atomic mass is 10.2. The molecule has 0 fully saturated rings. The van der Waals surface area contributed by atoms with E-state index >= 15 is 0 Å². The second kappa shape index (κ2) is 6.41. The molecule has 2 aromatic rings. The Morgan fingerprint density at radius 3 is 2.81 bits per heavy atom. The lowest BCUT2D eigenvalue weighted by molar-refractivity contribution is 0.102. The fourth-order valence-electron chi connectivity index (χ4n) is 1.61. The van der Waals surface area contributed by atoms with E-state index in [2.05, 4.69) is 22.1 Å². The highest BCUT2D eigenvalue weighted by atomic mass is 16.3. The van der Waals surface area contributed by atoms with E-state index in [9.17, 15) is 15.0 Å². The number of nitrogens with two attached hydrogens (primary N) is 1. The normalized spacial score (nSPS) is 9.57. The molecule has 6 nitrogen and oxygen atoms in total. The molecule has 1 aromatic heterocycles. The van der Waals surface area contributed by atoms with Crippen molar-refractivity contribution >= 4 is 11.7 Å². The fraction of sp³-hybridized carbons (Fsp3) is 0.0667. The van der Waals surface area contributed by atoms with Crippen molar-refractivity contribution in [1.82, 2.24) is 4.98 Å². The van der Waals surface area contributed by atoms with Crippen molar-refractivity contribution in [2.45, 2.75) is 0 Å². The maximum atomic E-state index is 12.0. The third-order valence-electron chi connectivity index (χ3n) is 2.54. The average molecular weight is 283 g/mol. The van der Waals surface area contributed by atoms with Crippen LogP contribution in [0.2, 0.25) is 0 Å². The van der Waals surface area contributed by atoms with E-state index in [0.29, 0.717) is 11.5 Å². The first-order valence-electron chi connectivity index (χ1n) is 6.09. The van der Waals surface area contributed by atoms with Crippen molar-refractivity contribution in [2.24, 2.45) is 5.73 Å². The zero-order valence-electron chi connectivity index (χ0n) is 11.0. The topological polar surface area (TPSA) is 108 Å². The van der Waals surface area contributed by atoms with Crippen molar-refractivity contribution in [2.75, 3.05) is 11.9 Å². The third-order valence-corrected chi connectivity index (χ3v) is 2.54. The van der Waals surface area contributed by atoms with Gasteiger partial charge in [-0.25, -0.2) is 4.98 Å². The quantitative estimate of drug-likeness (QED) is 0.616. The number of pyridine rings is 1. The number of benzene rings is 1. The van der Waals surface area contributed by atoms with Crippen molar-refractivity contribution < 1.29 is 15.0 Å². The number of anilines is 1. The molecule has 106 valence electrons. The largest absolute Gasteiger partial charge is 0.508 e. The molecule has 0 atom stereocenters. The summed E-state index contributed by atoms with van der Waals surface area (Å²) in [6.07, 6.45) is 0. The predicted octanol–water partition coefficient (Wildman–Crippen LogP) is 1.06. The van der Waals surface area contributed by atoms with Crippen molar-refractivity contribution in [3.63, 3.8) is 0 Å². The molecule has 0 unspecified atom stereocenters. The van der Waals surface area contributed by atoms with Crippen LogP contribution in [0.5, 0.6) is 11.5 Å². The van der Waals surface area contributed by atoms with Gasteiger partial charge in [0.15, 0.2) is 0 Å². The first kappa shape index (κ1) is 14.4. The minimum atomic E-state index is -0.538. The molecule has 0 aliphatic heterocycles. The first-order chi connectivity index (χ1) is 10.1. The summed E-state index contributed by atoms with van der Waals surface area (Å²) in [4.78, 5) is 16.2. The SMILES string of the molecule is NCC#Cc1cccc(NC(=O)c2ccc(O)cc2O)n1. The summed E-state index contributed by atoms with van der Waals surface area (Å²) in [5, 5.41) is 21.4. The number of hydrogen-bond acceptors (Lipinski definition) is 5. The van der Waals surface area contributed by atoms with E-state index in [-0.39, 0.29) is 23.6 Å². The van der Waals surface area contributed by atoms with Gasteiger partial charge in [0.25, 0.3) is 5.91 Å². The number of nitrogens with one attached hydrogen (secondary N) is 1. The highest BCUT2D eigenvalue weighted by Gasteiger charge is 2.12. The van der Waals surface area contributed by atoms with E-state index in [0.717, 1.165) is 6.07 Å². The van der Waals surface area contributed by atoms with Gasteiger partial charge >= 0.3 is 0 Å². The van der Waals surface area contributed by atoms with E-state index < -0.39 is 5.91 Å². The molecule has 0 aliphatic carbocycles. The summed E-state index contributed by atoms with van der Waals surface area (Å²) >= 11 is 0. The Morgan fingerprint density at radius 1 is 1.29 bits per heavy atom. The second-order valence-electron chi connectivity index (χ2n) is 4.07. The molecule has 1 heterocycles. The van der Waals surface area contributed by atoms with Crippen LogP contribution in [0.15, 0.2) is 36.4 Å². The van der Waals surface area contributed by atoms with Crippen LogP contribution in [0.4, 0.5) is 5.82 Å². The number of amides is 1. The molecule has 0 saturated carbocycles. The Balaban J connectivity index is 2.19. The van der Waals surface area contributed by atoms with Gasteiger partial charge in [-0.3, -0.25) is 4.79 Å². The molecular formula is C15H13N3O3. The Morgan fingerprint density at radius 2 is 2.10 bits per heavy atom. The Kier molecular flexibility index (Phi) is 4.39. The number of phenolic OH excluding ortho intramolecular Hbond substituents is 2. The van der Waals surface area contributed by atoms with E-state index in [1.165, 1.54) is 12.1 Å². The van der Waals surface area contributed by atoms with Crippen molar-refractivity contribution in [3.05, 3.63) is 47.7 Å². The summed E-state index contributed by atoms with van der Waals surface area (Å²) in [6.45, 7) is 0.222. The van der Waals surface area contributed by atoms with Crippen LogP contribution in [-0.2, 0) is 0 Å². The molecule has 0 spiro atoms. The Hall–Kier alpha value is -3.04. The standard InChI is InChI=1S/C15H13N3O3/c16-8-2-4-10-3-1-5-14(17-10)18-15(21)12-7-6-11(19)9-13(12)20/h1,3,5-7,9,19-20H,8,16H2,(H,17,18,21). The van der Waals surface area contributed by atoms with Crippen molar-refractivity contribution in [1.29, 1.82) is 0 Å². The van der Waals surface area contributed by atoms with Gasteiger partial charge in [0.1, 0.15) is 23.0 Å². The summed E-state index contributed by atoms with van der Waals surface area (Å²) < 4.78 is 0. The highest BCUT2D eigenvalue weighted by Crippen LogP contribution is 2.23. The minimum Gasteiger partial charge on any atom is -0.508 e. The van der Waals surface area contributed by atoms with Gasteiger partial charge in [0.2, 0.25) is 0 Å². The van der Waals surface area contributed by atoms with Crippen LogP contribution in [0.25, 0.3) is 0 Å². The first-order valence-corrected chi connectivity index (χ1v) is 6.09. The van der Waals surface area contributed by atoms with Crippen LogP contribution in [0.3, 0.4) is 0 Å². The van der Waals surface area contributed by atoms with Gasteiger partial charge in [-0.1, -0.05) is 12.0 Å². The number of carbonyl (C=O) groups excluding carboxylic acids is 1. The number of phenols is 2. The number of hydrogen-bond donors (Lipinski definition) is 4. The highest BCUT2D eigenvalue weighted by molar-refractivity contribution is 6.05. The molecule has 1 aromatic carbocycles. The van der Waals surface area contributed by atoms with Gasteiger partial charge in [0, 0.05) is 6.07 Å². The van der Waals surface area contributed by atoms with Crippen LogP contribution < -0.4 is 11.1 Å². The molecule has 1 amide bonds.